The molecule has 0 aliphatic heterocycles. The monoisotopic (exact) mass is 408 g/mol. The summed E-state index contributed by atoms with van der Waals surface area (Å²) in [5.74, 6) is 1.86. The summed E-state index contributed by atoms with van der Waals surface area (Å²) in [4.78, 5) is 6.00. The number of halogens is 1. The van der Waals surface area contributed by atoms with Crippen molar-refractivity contribution in [1.29, 1.82) is 0 Å². The minimum absolute atomic E-state index is 0. The number of aliphatic imine (C=N–C) groups is 1. The molecule has 3 N–H and O–H groups in total. The third-order valence-electron chi connectivity index (χ3n) is 3.13. The number of benzene rings is 1. The molecule has 6 nitrogen and oxygen atoms in total. The van der Waals surface area contributed by atoms with Crippen LogP contribution in [0.25, 0.3) is 0 Å². The Morgan fingerprint density at radius 2 is 1.90 bits per heavy atom. The summed E-state index contributed by atoms with van der Waals surface area (Å²) in [6.07, 6.45) is 0. The Morgan fingerprint density at radius 1 is 1.29 bits per heavy atom. The molecule has 0 bridgehead atoms. The van der Waals surface area contributed by atoms with Crippen LogP contribution in [-0.4, -0.2) is 52.8 Å². The molecular weight excluding hydrogens is 383 g/mol. The minimum Gasteiger partial charge on any atom is -0.493 e. The van der Waals surface area contributed by atoms with Gasteiger partial charge < -0.3 is 25.4 Å². The van der Waals surface area contributed by atoms with Crippen LogP contribution in [0.2, 0.25) is 0 Å². The molecule has 1 unspecified atom stereocenters. The summed E-state index contributed by atoms with van der Waals surface area (Å²) >= 11 is 0. The Morgan fingerprint density at radius 3 is 2.38 bits per heavy atom. The van der Waals surface area contributed by atoms with Gasteiger partial charge in [0.25, 0.3) is 0 Å². The van der Waals surface area contributed by atoms with Gasteiger partial charge in [-0.25, -0.2) is 0 Å². The van der Waals surface area contributed by atoms with Crippen LogP contribution in [0.5, 0.6) is 11.5 Å². The van der Waals surface area contributed by atoms with Gasteiger partial charge in [0.2, 0.25) is 0 Å². The van der Waals surface area contributed by atoms with E-state index in [0.717, 1.165) is 11.3 Å². The van der Waals surface area contributed by atoms with E-state index >= 15 is 0 Å². The first-order chi connectivity index (χ1) is 9.53. The molecule has 1 rings (SSSR count). The standard InChI is InChI=1S/C14H24N4O2.HI/c1-16-14(15)17-9-11(18(2)3)10-6-7-12(19-4)13(8-10)20-5;/h6-8,11H,9H2,1-5H3,(H3,15,16,17);1H. The number of nitrogens with zero attached hydrogens (tertiary/aromatic N) is 2. The van der Waals surface area contributed by atoms with E-state index in [2.05, 4.69) is 15.2 Å². The van der Waals surface area contributed by atoms with Crippen molar-refractivity contribution in [2.24, 2.45) is 10.7 Å². The summed E-state index contributed by atoms with van der Waals surface area (Å²) in [5.41, 5.74) is 6.79. The quantitative estimate of drug-likeness (QED) is 0.424. The Labute approximate surface area is 143 Å². The van der Waals surface area contributed by atoms with E-state index in [9.17, 15) is 0 Å². The molecule has 0 saturated heterocycles. The summed E-state index contributed by atoms with van der Waals surface area (Å²) < 4.78 is 10.6. The van der Waals surface area contributed by atoms with Crippen LogP contribution in [0.4, 0.5) is 0 Å². The average molecular weight is 408 g/mol. The number of likely N-dealkylation sites (N-methyl/N-ethyl adjacent to an activating group) is 1. The van der Waals surface area contributed by atoms with Crippen molar-refractivity contribution in [3.05, 3.63) is 23.8 Å². The fourth-order valence-electron chi connectivity index (χ4n) is 1.94. The lowest BCUT2D eigenvalue weighted by atomic mass is 10.1. The molecule has 0 aromatic heterocycles. The van der Waals surface area contributed by atoms with Crippen molar-refractivity contribution in [2.45, 2.75) is 6.04 Å². The Bertz CT molecular complexity index is 466. The van der Waals surface area contributed by atoms with Crippen LogP contribution < -0.4 is 20.5 Å². The van der Waals surface area contributed by atoms with E-state index in [1.807, 2.05) is 32.3 Å². The van der Waals surface area contributed by atoms with Crippen LogP contribution in [0.1, 0.15) is 11.6 Å². The SMILES string of the molecule is CN=C(N)NCC(c1ccc(OC)c(OC)c1)N(C)C.I. The first-order valence-corrected chi connectivity index (χ1v) is 6.38. The number of ether oxygens (including phenoxy) is 2. The second-order valence-electron chi connectivity index (χ2n) is 4.58. The number of guanidine groups is 1. The van der Waals surface area contributed by atoms with Crippen molar-refractivity contribution in [1.82, 2.24) is 10.2 Å². The maximum absolute atomic E-state index is 5.68. The largest absolute Gasteiger partial charge is 0.493 e. The second kappa shape index (κ2) is 9.67. The van der Waals surface area contributed by atoms with Crippen LogP contribution in [0.15, 0.2) is 23.2 Å². The molecular formula is C14H25IN4O2. The van der Waals surface area contributed by atoms with Crippen LogP contribution in [0, 0.1) is 0 Å². The van der Waals surface area contributed by atoms with Gasteiger partial charge in [0.15, 0.2) is 17.5 Å². The highest BCUT2D eigenvalue weighted by Gasteiger charge is 2.16. The van der Waals surface area contributed by atoms with Gasteiger partial charge in [0, 0.05) is 13.6 Å². The zero-order chi connectivity index (χ0) is 15.1. The molecule has 1 aromatic rings. The lowest BCUT2D eigenvalue weighted by molar-refractivity contribution is 0.296. The van der Waals surface area contributed by atoms with Gasteiger partial charge in [-0.2, -0.15) is 0 Å². The van der Waals surface area contributed by atoms with E-state index in [1.165, 1.54) is 0 Å². The molecule has 1 atom stereocenters. The average Bonchev–Trinajstić information content (AvgIpc) is 2.46. The van der Waals surface area contributed by atoms with Crippen molar-refractivity contribution in [3.8, 4) is 11.5 Å². The third-order valence-corrected chi connectivity index (χ3v) is 3.13. The molecule has 0 amide bonds. The van der Waals surface area contributed by atoms with Crippen LogP contribution in [-0.2, 0) is 0 Å². The van der Waals surface area contributed by atoms with Gasteiger partial charge in [-0.3, -0.25) is 4.99 Å². The molecule has 0 fully saturated rings. The predicted molar refractivity (Wildman–Crippen MR) is 96.9 cm³/mol. The predicted octanol–water partition coefficient (Wildman–Crippen LogP) is 1.46. The fraction of sp³-hybridized carbons (Fsp3) is 0.500. The molecule has 0 aliphatic carbocycles. The first kappa shape index (κ1) is 19.8. The van der Waals surface area contributed by atoms with Gasteiger partial charge in [-0.05, 0) is 31.8 Å². The zero-order valence-corrected chi connectivity index (χ0v) is 15.5. The molecule has 0 aliphatic rings. The molecule has 21 heavy (non-hydrogen) atoms. The molecule has 7 heteroatoms. The van der Waals surface area contributed by atoms with E-state index in [4.69, 9.17) is 15.2 Å². The third kappa shape index (κ3) is 5.58. The maximum Gasteiger partial charge on any atom is 0.188 e. The molecule has 0 saturated carbocycles. The lowest BCUT2D eigenvalue weighted by Crippen LogP contribution is -2.38. The number of hydrogen-bond donors (Lipinski definition) is 2. The summed E-state index contributed by atoms with van der Waals surface area (Å²) in [5, 5.41) is 3.09. The van der Waals surface area contributed by atoms with Crippen molar-refractivity contribution >= 4 is 29.9 Å². The van der Waals surface area contributed by atoms with Gasteiger partial charge >= 0.3 is 0 Å². The van der Waals surface area contributed by atoms with E-state index in [0.29, 0.717) is 18.3 Å². The summed E-state index contributed by atoms with van der Waals surface area (Å²) in [7, 11) is 8.95. The molecule has 0 heterocycles. The highest BCUT2D eigenvalue weighted by atomic mass is 127. The van der Waals surface area contributed by atoms with Crippen LogP contribution >= 0.6 is 24.0 Å². The van der Waals surface area contributed by atoms with Gasteiger partial charge in [-0.1, -0.05) is 6.07 Å². The fourth-order valence-corrected chi connectivity index (χ4v) is 1.94. The summed E-state index contributed by atoms with van der Waals surface area (Å²) in [6, 6.07) is 6.05. The normalized spacial score (nSPS) is 12.6. The van der Waals surface area contributed by atoms with E-state index < -0.39 is 0 Å². The first-order valence-electron chi connectivity index (χ1n) is 6.38. The zero-order valence-electron chi connectivity index (χ0n) is 13.2. The topological polar surface area (TPSA) is 72.1 Å². The van der Waals surface area contributed by atoms with Gasteiger partial charge in [0.1, 0.15) is 0 Å². The highest BCUT2D eigenvalue weighted by molar-refractivity contribution is 14.0. The van der Waals surface area contributed by atoms with E-state index in [-0.39, 0.29) is 30.0 Å². The van der Waals surface area contributed by atoms with Crippen molar-refractivity contribution < 1.29 is 9.47 Å². The number of rotatable bonds is 6. The summed E-state index contributed by atoms with van der Waals surface area (Å²) in [6.45, 7) is 0.658. The highest BCUT2D eigenvalue weighted by Crippen LogP contribution is 2.31. The second-order valence-corrected chi connectivity index (χ2v) is 4.58. The van der Waals surface area contributed by atoms with Gasteiger partial charge in [-0.15, -0.1) is 24.0 Å². The maximum atomic E-state index is 5.68. The molecule has 0 radical (unpaired) electrons. The number of hydrogen-bond acceptors (Lipinski definition) is 4. The smallest absolute Gasteiger partial charge is 0.188 e. The molecule has 1 aromatic carbocycles. The lowest BCUT2D eigenvalue weighted by Gasteiger charge is -2.26. The van der Waals surface area contributed by atoms with Crippen molar-refractivity contribution in [2.75, 3.05) is 41.9 Å². The Balaban J connectivity index is 0.00000400. The Hall–Kier alpha value is -1.22. The number of methoxy groups -OCH3 is 2. The number of nitrogens with two attached hydrogens (primary N) is 1. The van der Waals surface area contributed by atoms with Gasteiger partial charge in [0.05, 0.1) is 20.3 Å². The molecule has 120 valence electrons. The van der Waals surface area contributed by atoms with E-state index in [1.54, 1.807) is 21.3 Å². The Kier molecular flexibility index (Phi) is 9.11. The molecule has 0 spiro atoms. The minimum atomic E-state index is 0. The number of nitrogens with one attached hydrogen (secondary N) is 1. The van der Waals surface area contributed by atoms with Crippen LogP contribution in [0.3, 0.4) is 0 Å². The van der Waals surface area contributed by atoms with Crippen molar-refractivity contribution in [3.63, 3.8) is 0 Å².